The van der Waals surface area contributed by atoms with Gasteiger partial charge in [0.15, 0.2) is 8.07 Å². The van der Waals surface area contributed by atoms with Gasteiger partial charge in [-0.25, -0.2) is 0 Å². The molecule has 194 valence electrons. The van der Waals surface area contributed by atoms with Crippen molar-refractivity contribution >= 4 is 41.4 Å². The van der Waals surface area contributed by atoms with Crippen LogP contribution in [0.5, 0.6) is 0 Å². The quantitative estimate of drug-likeness (QED) is 0.283. The Labute approximate surface area is 230 Å². The van der Waals surface area contributed by atoms with E-state index in [0.717, 1.165) is 5.46 Å². The summed E-state index contributed by atoms with van der Waals surface area (Å²) in [5.74, 6) is 0. The maximum atomic E-state index is 6.36. The Morgan fingerprint density at radius 2 is 0.895 bits per heavy atom. The van der Waals surface area contributed by atoms with Crippen molar-refractivity contribution < 1.29 is 9.31 Å². The first kappa shape index (κ1) is 26.7. The second-order valence-electron chi connectivity index (χ2n) is 12.5. The minimum absolute atomic E-state index is 0.104. The van der Waals surface area contributed by atoms with Gasteiger partial charge in [-0.05, 0) is 64.9 Å². The van der Waals surface area contributed by atoms with Crippen LogP contribution in [0.25, 0.3) is 0 Å². The largest absolute Gasteiger partial charge is 0.494 e. The lowest BCUT2D eigenvalue weighted by molar-refractivity contribution is 0.00578. The highest BCUT2D eigenvalue weighted by Gasteiger charge is 2.52. The summed E-state index contributed by atoms with van der Waals surface area (Å²) >= 11 is 0. The molecule has 1 saturated heterocycles. The molecule has 1 aliphatic rings. The second kappa shape index (κ2) is 9.68. The van der Waals surface area contributed by atoms with Crippen LogP contribution in [0.15, 0.2) is 109 Å². The minimum atomic E-state index is -2.58. The molecule has 4 heteroatoms. The highest BCUT2D eigenvalue weighted by atomic mass is 28.3. The predicted octanol–water partition coefficient (Wildman–Crippen LogP) is 4.66. The third-order valence-electron chi connectivity index (χ3n) is 8.47. The molecule has 0 aliphatic carbocycles. The van der Waals surface area contributed by atoms with Gasteiger partial charge in [0, 0.05) is 0 Å². The molecule has 0 saturated carbocycles. The summed E-state index contributed by atoms with van der Waals surface area (Å²) < 4.78 is 12.7. The molecule has 4 aromatic rings. The van der Waals surface area contributed by atoms with Crippen LogP contribution >= 0.6 is 0 Å². The van der Waals surface area contributed by atoms with Crippen molar-refractivity contribution in [3.8, 4) is 0 Å². The van der Waals surface area contributed by atoms with Crippen molar-refractivity contribution in [1.29, 1.82) is 0 Å². The Morgan fingerprint density at radius 1 is 0.526 bits per heavy atom. The summed E-state index contributed by atoms with van der Waals surface area (Å²) in [6.45, 7) is 15.2. The standard InChI is InChI=1S/C34H39BO2Si/c1-32(2,3)26-18-22-30(23-19-26)38(28-14-10-8-11-15-28,29-16-12-9-13-17-29)31-24-20-27(21-25-31)35-36-33(4,5)34(6,7)37-35/h8-25H,1-7H3. The zero-order valence-electron chi connectivity index (χ0n) is 23.8. The minimum Gasteiger partial charge on any atom is -0.399 e. The van der Waals surface area contributed by atoms with Crippen LogP contribution in [-0.4, -0.2) is 26.4 Å². The van der Waals surface area contributed by atoms with E-state index < -0.39 is 8.07 Å². The predicted molar refractivity (Wildman–Crippen MR) is 164 cm³/mol. The van der Waals surface area contributed by atoms with Gasteiger partial charge in [0.2, 0.25) is 0 Å². The summed E-state index contributed by atoms with van der Waals surface area (Å²) in [6.07, 6.45) is 0. The van der Waals surface area contributed by atoms with E-state index in [-0.39, 0.29) is 23.7 Å². The fourth-order valence-electron chi connectivity index (χ4n) is 5.47. The summed E-state index contributed by atoms with van der Waals surface area (Å²) in [7, 11) is -2.95. The highest BCUT2D eigenvalue weighted by Crippen LogP contribution is 2.36. The van der Waals surface area contributed by atoms with Crippen LogP contribution in [-0.2, 0) is 14.7 Å². The SMILES string of the molecule is CC(C)(C)c1ccc([Si](c2ccccc2)(c2ccccc2)c2ccc(B3OC(C)(C)C(C)(C)O3)cc2)cc1. The summed E-state index contributed by atoms with van der Waals surface area (Å²) in [4.78, 5) is 0. The van der Waals surface area contributed by atoms with Crippen molar-refractivity contribution in [3.05, 3.63) is 115 Å². The molecule has 0 N–H and O–H groups in total. The van der Waals surface area contributed by atoms with Crippen molar-refractivity contribution in [2.24, 2.45) is 0 Å². The Bertz CT molecular complexity index is 1320. The molecule has 38 heavy (non-hydrogen) atoms. The molecule has 0 unspecified atom stereocenters. The first-order valence-electron chi connectivity index (χ1n) is 13.6. The van der Waals surface area contributed by atoms with Crippen LogP contribution in [0, 0.1) is 0 Å². The third kappa shape index (κ3) is 4.59. The maximum absolute atomic E-state index is 6.36. The Hall–Kier alpha value is -2.92. The average Bonchev–Trinajstić information content (AvgIpc) is 3.12. The van der Waals surface area contributed by atoms with Gasteiger partial charge in [-0.1, -0.05) is 130 Å². The van der Waals surface area contributed by atoms with E-state index in [1.54, 1.807) is 0 Å². The van der Waals surface area contributed by atoms with E-state index >= 15 is 0 Å². The number of benzene rings is 4. The highest BCUT2D eigenvalue weighted by molar-refractivity contribution is 7.19. The molecule has 1 fully saturated rings. The molecular formula is C34H39BO2Si. The molecule has 0 radical (unpaired) electrons. The molecule has 0 spiro atoms. The molecule has 5 rings (SSSR count). The normalized spacial score (nSPS) is 17.0. The monoisotopic (exact) mass is 518 g/mol. The second-order valence-corrected chi connectivity index (χ2v) is 16.3. The van der Waals surface area contributed by atoms with E-state index in [0.29, 0.717) is 0 Å². The molecule has 0 bridgehead atoms. The van der Waals surface area contributed by atoms with E-state index in [1.807, 2.05) is 0 Å². The van der Waals surface area contributed by atoms with Crippen molar-refractivity contribution in [2.75, 3.05) is 0 Å². The van der Waals surface area contributed by atoms with Crippen LogP contribution in [0.2, 0.25) is 0 Å². The average molecular weight is 519 g/mol. The smallest absolute Gasteiger partial charge is 0.399 e. The van der Waals surface area contributed by atoms with Gasteiger partial charge in [0.25, 0.3) is 0 Å². The molecule has 0 aromatic heterocycles. The topological polar surface area (TPSA) is 18.5 Å². The van der Waals surface area contributed by atoms with Crippen molar-refractivity contribution in [2.45, 2.75) is 65.1 Å². The van der Waals surface area contributed by atoms with Crippen molar-refractivity contribution in [1.82, 2.24) is 0 Å². The van der Waals surface area contributed by atoms with Gasteiger partial charge in [-0.2, -0.15) is 0 Å². The van der Waals surface area contributed by atoms with Gasteiger partial charge < -0.3 is 9.31 Å². The van der Waals surface area contributed by atoms with E-state index in [4.69, 9.17) is 9.31 Å². The molecule has 1 heterocycles. The zero-order valence-corrected chi connectivity index (χ0v) is 24.8. The van der Waals surface area contributed by atoms with Crippen LogP contribution in [0.1, 0.15) is 54.0 Å². The molecular weight excluding hydrogens is 479 g/mol. The van der Waals surface area contributed by atoms with Gasteiger partial charge in [-0.3, -0.25) is 0 Å². The fourth-order valence-corrected chi connectivity index (χ4v) is 10.2. The van der Waals surface area contributed by atoms with Crippen LogP contribution in [0.3, 0.4) is 0 Å². The molecule has 0 atom stereocenters. The van der Waals surface area contributed by atoms with Gasteiger partial charge in [0.1, 0.15) is 0 Å². The Morgan fingerprint density at radius 3 is 1.29 bits per heavy atom. The van der Waals surface area contributed by atoms with Crippen LogP contribution < -0.4 is 26.2 Å². The molecule has 1 aliphatic heterocycles. The zero-order chi connectivity index (χ0) is 27.2. The third-order valence-corrected chi connectivity index (χ3v) is 13.3. The lowest BCUT2D eigenvalue weighted by Gasteiger charge is -2.35. The van der Waals surface area contributed by atoms with E-state index in [2.05, 4.69) is 158 Å². The molecule has 4 aromatic carbocycles. The number of rotatable bonds is 5. The van der Waals surface area contributed by atoms with Crippen molar-refractivity contribution in [3.63, 3.8) is 0 Å². The number of hydrogen-bond acceptors (Lipinski definition) is 2. The molecule has 2 nitrogen and oxygen atoms in total. The summed E-state index contributed by atoms with van der Waals surface area (Å²) in [6, 6.07) is 40.5. The summed E-state index contributed by atoms with van der Waals surface area (Å²) in [5, 5.41) is 5.47. The van der Waals surface area contributed by atoms with Gasteiger partial charge >= 0.3 is 7.12 Å². The van der Waals surface area contributed by atoms with E-state index in [9.17, 15) is 0 Å². The Kier molecular flexibility index (Phi) is 6.79. The number of hydrogen-bond donors (Lipinski definition) is 0. The fraction of sp³-hybridized carbons (Fsp3) is 0.294. The first-order valence-corrected chi connectivity index (χ1v) is 15.6. The van der Waals surface area contributed by atoms with Gasteiger partial charge in [-0.15, -0.1) is 0 Å². The lowest BCUT2D eigenvalue weighted by atomic mass is 9.79. The lowest BCUT2D eigenvalue weighted by Crippen LogP contribution is -2.74. The Balaban J connectivity index is 1.69. The summed E-state index contributed by atoms with van der Waals surface area (Å²) in [5.41, 5.74) is 1.78. The maximum Gasteiger partial charge on any atom is 0.494 e. The van der Waals surface area contributed by atoms with E-state index in [1.165, 1.54) is 26.3 Å². The van der Waals surface area contributed by atoms with Crippen LogP contribution in [0.4, 0.5) is 0 Å². The van der Waals surface area contributed by atoms with Gasteiger partial charge in [0.05, 0.1) is 11.2 Å². The first-order chi connectivity index (χ1) is 17.9. The molecule has 0 amide bonds.